The van der Waals surface area contributed by atoms with E-state index in [0.717, 1.165) is 6.42 Å². The minimum absolute atomic E-state index is 0.126. The number of rotatable bonds is 6. The van der Waals surface area contributed by atoms with E-state index < -0.39 is 0 Å². The van der Waals surface area contributed by atoms with Crippen LogP contribution in [-0.2, 0) is 19.1 Å². The number of hydrogen-bond donors (Lipinski definition) is 0. The number of esters is 2. The molecular weight excluding hydrogens is 280 g/mol. The molecule has 0 radical (unpaired) electrons. The van der Waals surface area contributed by atoms with Crippen molar-refractivity contribution >= 4 is 11.9 Å². The molecule has 0 aromatic heterocycles. The van der Waals surface area contributed by atoms with Gasteiger partial charge >= 0.3 is 11.9 Å². The van der Waals surface area contributed by atoms with Crippen LogP contribution in [0.3, 0.4) is 0 Å². The lowest BCUT2D eigenvalue weighted by molar-refractivity contribution is -0.162. The van der Waals surface area contributed by atoms with Crippen molar-refractivity contribution in [1.82, 2.24) is 0 Å². The monoisotopic (exact) mass is 308 g/mol. The average Bonchev–Trinajstić information content (AvgIpc) is 2.98. The Morgan fingerprint density at radius 2 is 1.55 bits per heavy atom. The summed E-state index contributed by atoms with van der Waals surface area (Å²) in [5, 5.41) is 0. The highest BCUT2D eigenvalue weighted by molar-refractivity contribution is 5.84. The van der Waals surface area contributed by atoms with Crippen LogP contribution in [0, 0.1) is 35.5 Å². The zero-order valence-corrected chi connectivity index (χ0v) is 14.3. The molecule has 1 saturated carbocycles. The van der Waals surface area contributed by atoms with Crippen molar-refractivity contribution in [2.45, 2.75) is 41.0 Å². The van der Waals surface area contributed by atoms with Crippen LogP contribution < -0.4 is 0 Å². The van der Waals surface area contributed by atoms with Crippen molar-refractivity contribution in [1.29, 1.82) is 0 Å². The number of allylic oxidation sites excluding steroid dienone is 2. The molecular formula is C18H28O4. The van der Waals surface area contributed by atoms with Gasteiger partial charge in [0, 0.05) is 0 Å². The summed E-state index contributed by atoms with van der Waals surface area (Å²) in [6.45, 7) is 10.9. The molecule has 2 aliphatic rings. The van der Waals surface area contributed by atoms with Gasteiger partial charge in [0.05, 0.1) is 25.0 Å². The fourth-order valence-corrected chi connectivity index (χ4v) is 3.53. The van der Waals surface area contributed by atoms with E-state index in [1.54, 1.807) is 0 Å². The Labute approximate surface area is 133 Å². The summed E-state index contributed by atoms with van der Waals surface area (Å²) >= 11 is 0. The maximum Gasteiger partial charge on any atom is 0.310 e. The summed E-state index contributed by atoms with van der Waals surface area (Å²) < 4.78 is 10.8. The lowest BCUT2D eigenvalue weighted by Gasteiger charge is -2.27. The first-order valence-corrected chi connectivity index (χ1v) is 8.32. The largest absolute Gasteiger partial charge is 0.465 e. The van der Waals surface area contributed by atoms with Gasteiger partial charge in [-0.1, -0.05) is 39.3 Å². The number of carbonyl (C=O) groups excluding carboxylic acids is 2. The Bertz CT molecular complexity index is 464. The maximum atomic E-state index is 12.5. The quantitative estimate of drug-likeness (QED) is 0.558. The van der Waals surface area contributed by atoms with Gasteiger partial charge in [-0.15, -0.1) is 0 Å². The fraction of sp³-hybridized carbons (Fsp3) is 0.778. The maximum absolute atomic E-state index is 12.5. The van der Waals surface area contributed by atoms with E-state index in [-0.39, 0.29) is 35.6 Å². The van der Waals surface area contributed by atoms with Gasteiger partial charge in [0.2, 0.25) is 0 Å². The molecule has 4 unspecified atom stereocenters. The van der Waals surface area contributed by atoms with Crippen molar-refractivity contribution in [2.75, 3.05) is 13.2 Å². The highest BCUT2D eigenvalue weighted by Gasteiger charge is 2.54. The first kappa shape index (κ1) is 17.0. The van der Waals surface area contributed by atoms with Crippen LogP contribution in [0.1, 0.15) is 41.0 Å². The lowest BCUT2D eigenvalue weighted by Crippen LogP contribution is -2.37. The Balaban J connectivity index is 2.09. The van der Waals surface area contributed by atoms with Crippen LogP contribution in [0.4, 0.5) is 0 Å². The predicted molar refractivity (Wildman–Crippen MR) is 83.9 cm³/mol. The lowest BCUT2D eigenvalue weighted by atomic mass is 9.80. The third-order valence-corrected chi connectivity index (χ3v) is 4.53. The highest BCUT2D eigenvalue weighted by Crippen LogP contribution is 2.52. The number of carbonyl (C=O) groups is 2. The molecule has 0 N–H and O–H groups in total. The molecule has 0 heterocycles. The summed E-state index contributed by atoms with van der Waals surface area (Å²) in [4.78, 5) is 24.9. The van der Waals surface area contributed by atoms with Crippen molar-refractivity contribution in [3.63, 3.8) is 0 Å². The van der Waals surface area contributed by atoms with Gasteiger partial charge in [-0.2, -0.15) is 0 Å². The Kier molecular flexibility index (Phi) is 5.30. The van der Waals surface area contributed by atoms with Crippen molar-refractivity contribution < 1.29 is 19.1 Å². The molecule has 0 saturated heterocycles. The number of ether oxygens (including phenoxy) is 2. The summed E-state index contributed by atoms with van der Waals surface area (Å²) in [6, 6.07) is 0. The van der Waals surface area contributed by atoms with Gasteiger partial charge < -0.3 is 9.47 Å². The molecule has 1 fully saturated rings. The highest BCUT2D eigenvalue weighted by atomic mass is 16.5. The van der Waals surface area contributed by atoms with Gasteiger partial charge in [-0.05, 0) is 37.0 Å². The van der Waals surface area contributed by atoms with E-state index in [1.165, 1.54) is 5.57 Å². The molecule has 4 atom stereocenters. The number of fused-ring (bicyclic) bond motifs is 2. The molecule has 0 amide bonds. The number of hydrogen-bond acceptors (Lipinski definition) is 4. The second-order valence-electron chi connectivity index (χ2n) is 7.52. The van der Waals surface area contributed by atoms with Crippen LogP contribution in [-0.4, -0.2) is 25.2 Å². The van der Waals surface area contributed by atoms with Crippen molar-refractivity contribution in [3.05, 3.63) is 11.6 Å². The molecule has 0 aromatic rings. The molecule has 0 aliphatic heterocycles. The fourth-order valence-electron chi connectivity index (χ4n) is 3.53. The van der Waals surface area contributed by atoms with Gasteiger partial charge in [-0.25, -0.2) is 0 Å². The molecule has 2 rings (SSSR count). The van der Waals surface area contributed by atoms with Gasteiger partial charge in [0.1, 0.15) is 0 Å². The first-order chi connectivity index (χ1) is 10.3. The molecule has 0 spiro atoms. The van der Waals surface area contributed by atoms with Crippen molar-refractivity contribution in [3.8, 4) is 0 Å². The van der Waals surface area contributed by atoms with Crippen LogP contribution in [0.2, 0.25) is 0 Å². The van der Waals surface area contributed by atoms with Crippen LogP contribution in [0.5, 0.6) is 0 Å². The molecule has 22 heavy (non-hydrogen) atoms. The van der Waals surface area contributed by atoms with Crippen LogP contribution in [0.15, 0.2) is 11.6 Å². The normalized spacial score (nSPS) is 29.9. The Hall–Kier alpha value is -1.32. The van der Waals surface area contributed by atoms with Gasteiger partial charge in [-0.3, -0.25) is 9.59 Å². The summed E-state index contributed by atoms with van der Waals surface area (Å²) in [5.41, 5.74) is 1.21. The van der Waals surface area contributed by atoms with Crippen LogP contribution in [0.25, 0.3) is 0 Å². The molecule has 2 aliphatic carbocycles. The van der Waals surface area contributed by atoms with Crippen molar-refractivity contribution in [2.24, 2.45) is 35.5 Å². The zero-order chi connectivity index (χ0) is 16.4. The van der Waals surface area contributed by atoms with E-state index in [4.69, 9.17) is 9.47 Å². The smallest absolute Gasteiger partial charge is 0.310 e. The van der Waals surface area contributed by atoms with E-state index in [9.17, 15) is 9.59 Å². The van der Waals surface area contributed by atoms with E-state index in [0.29, 0.717) is 25.0 Å². The minimum atomic E-state index is -0.368. The molecule has 0 aromatic carbocycles. The zero-order valence-electron chi connectivity index (χ0n) is 14.3. The third-order valence-electron chi connectivity index (χ3n) is 4.53. The minimum Gasteiger partial charge on any atom is -0.465 e. The summed E-state index contributed by atoms with van der Waals surface area (Å²) in [6.07, 6.45) is 3.01. The van der Waals surface area contributed by atoms with E-state index >= 15 is 0 Å². The molecule has 2 bridgehead atoms. The second kappa shape index (κ2) is 6.84. The Morgan fingerprint density at radius 1 is 1.05 bits per heavy atom. The predicted octanol–water partition coefficient (Wildman–Crippen LogP) is 3.21. The van der Waals surface area contributed by atoms with E-state index in [2.05, 4.69) is 6.08 Å². The molecule has 4 nitrogen and oxygen atoms in total. The SMILES string of the molecule is CC1=CC2CC1C(C(=O)OCC(C)C)C2C(=O)OCC(C)C. The topological polar surface area (TPSA) is 52.6 Å². The Morgan fingerprint density at radius 3 is 2.05 bits per heavy atom. The van der Waals surface area contributed by atoms with Crippen LogP contribution >= 0.6 is 0 Å². The standard InChI is InChI=1S/C18H28O4/c1-10(2)8-21-17(19)15-13-6-12(5)14(7-13)16(15)18(20)22-9-11(3)4/h6,10-11,13-16H,7-9H2,1-5H3. The average molecular weight is 308 g/mol. The summed E-state index contributed by atoms with van der Waals surface area (Å²) in [7, 11) is 0. The first-order valence-electron chi connectivity index (χ1n) is 8.32. The van der Waals surface area contributed by atoms with E-state index in [1.807, 2.05) is 34.6 Å². The second-order valence-corrected chi connectivity index (χ2v) is 7.52. The molecule has 124 valence electrons. The summed E-state index contributed by atoms with van der Waals surface area (Å²) in [5.74, 6) is -0.351. The molecule has 4 heteroatoms. The van der Waals surface area contributed by atoms with Gasteiger partial charge in [0.25, 0.3) is 0 Å². The van der Waals surface area contributed by atoms with Gasteiger partial charge in [0.15, 0.2) is 0 Å². The third kappa shape index (κ3) is 3.53.